The third-order valence-corrected chi connectivity index (χ3v) is 3.21. The summed E-state index contributed by atoms with van der Waals surface area (Å²) in [6.07, 6.45) is 3.06. The molecule has 2 heterocycles. The average molecular weight is 292 g/mol. The Morgan fingerprint density at radius 2 is 2.29 bits per heavy atom. The Hall–Kier alpha value is -2.64. The average Bonchev–Trinajstić information content (AvgIpc) is 2.47. The molecule has 0 aromatic carbocycles. The Bertz CT molecular complexity index is 575. The first-order chi connectivity index (χ1) is 10.0. The first-order valence-electron chi connectivity index (χ1n) is 6.56. The maximum Gasteiger partial charge on any atom is 0.337 e. The van der Waals surface area contributed by atoms with E-state index in [1.807, 2.05) is 6.92 Å². The number of carboxylic acids is 1. The second-order valence-corrected chi connectivity index (χ2v) is 4.61. The molecule has 21 heavy (non-hydrogen) atoms. The zero-order chi connectivity index (χ0) is 15.4. The van der Waals surface area contributed by atoms with Crippen molar-refractivity contribution < 1.29 is 19.5 Å². The minimum atomic E-state index is -1.12. The van der Waals surface area contributed by atoms with Gasteiger partial charge in [0.05, 0.1) is 17.4 Å². The molecule has 112 valence electrons. The Morgan fingerprint density at radius 1 is 1.52 bits per heavy atom. The number of pyridine rings is 1. The number of carbonyl (C=O) groups excluding carboxylic acids is 2. The van der Waals surface area contributed by atoms with Crippen LogP contribution in [0.4, 0.5) is 10.5 Å². The van der Waals surface area contributed by atoms with Gasteiger partial charge in [-0.15, -0.1) is 0 Å². The summed E-state index contributed by atoms with van der Waals surface area (Å²) in [6.45, 7) is 2.63. The smallest absolute Gasteiger partial charge is 0.337 e. The van der Waals surface area contributed by atoms with Crippen molar-refractivity contribution in [1.82, 2.24) is 15.2 Å². The molecule has 1 atom stereocenters. The van der Waals surface area contributed by atoms with Crippen LogP contribution >= 0.6 is 0 Å². The molecule has 0 radical (unpaired) electrons. The highest BCUT2D eigenvalue weighted by Crippen LogP contribution is 2.13. The largest absolute Gasteiger partial charge is 0.478 e. The number of nitrogens with one attached hydrogen (secondary N) is 2. The van der Waals surface area contributed by atoms with Gasteiger partial charge in [-0.1, -0.05) is 6.92 Å². The van der Waals surface area contributed by atoms with Crippen LogP contribution in [0.5, 0.6) is 0 Å². The van der Waals surface area contributed by atoms with E-state index in [0.717, 1.165) is 0 Å². The minimum absolute atomic E-state index is 0.0174. The van der Waals surface area contributed by atoms with E-state index in [1.165, 1.54) is 23.4 Å². The van der Waals surface area contributed by atoms with E-state index in [1.54, 1.807) is 0 Å². The van der Waals surface area contributed by atoms with Gasteiger partial charge in [0.1, 0.15) is 6.04 Å². The Kier molecular flexibility index (Phi) is 4.36. The number of hydrogen-bond donors (Lipinski definition) is 3. The zero-order valence-electron chi connectivity index (χ0n) is 11.5. The number of nitrogens with zero attached hydrogens (tertiary/aromatic N) is 2. The number of urea groups is 1. The predicted octanol–water partition coefficient (Wildman–Crippen LogP) is 0.522. The van der Waals surface area contributed by atoms with Gasteiger partial charge in [-0.05, 0) is 12.5 Å². The van der Waals surface area contributed by atoms with E-state index < -0.39 is 18.0 Å². The van der Waals surface area contributed by atoms with Gasteiger partial charge < -0.3 is 20.6 Å². The summed E-state index contributed by atoms with van der Waals surface area (Å²) in [6, 6.07) is 0.355. The number of carboxylic acid groups (broad SMARTS) is 1. The molecule has 0 saturated carbocycles. The maximum absolute atomic E-state index is 12.2. The first-order valence-corrected chi connectivity index (χ1v) is 6.56. The monoisotopic (exact) mass is 292 g/mol. The summed E-state index contributed by atoms with van der Waals surface area (Å²) in [5, 5.41) is 14.2. The normalized spacial score (nSPS) is 18.0. The molecule has 0 aliphatic carbocycles. The van der Waals surface area contributed by atoms with E-state index >= 15 is 0 Å². The molecule has 3 amide bonds. The third-order valence-electron chi connectivity index (χ3n) is 3.21. The lowest BCUT2D eigenvalue weighted by Crippen LogP contribution is -2.57. The van der Waals surface area contributed by atoms with Crippen molar-refractivity contribution in [2.45, 2.75) is 19.4 Å². The lowest BCUT2D eigenvalue weighted by Gasteiger charge is -2.34. The standard InChI is InChI=1S/C13H16N4O4/c1-2-10-11(18)15-3-4-17(10)13(21)16-9-5-8(12(19)20)6-14-7-9/h5-7,10H,2-4H2,1H3,(H,15,18)(H,16,21)(H,19,20). The van der Waals surface area contributed by atoms with Crippen molar-refractivity contribution in [2.24, 2.45) is 0 Å². The SMILES string of the molecule is CCC1C(=O)NCCN1C(=O)Nc1cncc(C(=O)O)c1. The highest BCUT2D eigenvalue weighted by Gasteiger charge is 2.31. The molecule has 8 nitrogen and oxygen atoms in total. The van der Waals surface area contributed by atoms with Gasteiger partial charge in [-0.2, -0.15) is 0 Å². The van der Waals surface area contributed by atoms with E-state index in [-0.39, 0.29) is 17.2 Å². The van der Waals surface area contributed by atoms with Crippen LogP contribution in [-0.4, -0.2) is 52.0 Å². The molecule has 1 aliphatic rings. The van der Waals surface area contributed by atoms with Crippen molar-refractivity contribution in [2.75, 3.05) is 18.4 Å². The van der Waals surface area contributed by atoms with Crippen LogP contribution in [0.25, 0.3) is 0 Å². The zero-order valence-corrected chi connectivity index (χ0v) is 11.5. The summed E-state index contributed by atoms with van der Waals surface area (Å²) in [7, 11) is 0. The van der Waals surface area contributed by atoms with E-state index in [9.17, 15) is 14.4 Å². The fraction of sp³-hybridized carbons (Fsp3) is 0.385. The summed E-state index contributed by atoms with van der Waals surface area (Å²) in [4.78, 5) is 40.0. The second-order valence-electron chi connectivity index (χ2n) is 4.61. The molecule has 8 heteroatoms. The van der Waals surface area contributed by atoms with Gasteiger partial charge in [0.25, 0.3) is 0 Å². The Balaban J connectivity index is 2.11. The molecule has 1 unspecified atom stereocenters. The lowest BCUT2D eigenvalue weighted by atomic mass is 10.1. The molecule has 0 spiro atoms. The van der Waals surface area contributed by atoms with Gasteiger partial charge in [0.2, 0.25) is 5.91 Å². The van der Waals surface area contributed by atoms with Crippen LogP contribution in [0.3, 0.4) is 0 Å². The van der Waals surface area contributed by atoms with E-state index in [0.29, 0.717) is 19.5 Å². The van der Waals surface area contributed by atoms with Crippen LogP contribution in [-0.2, 0) is 4.79 Å². The quantitative estimate of drug-likeness (QED) is 0.752. The van der Waals surface area contributed by atoms with Gasteiger partial charge in [-0.25, -0.2) is 9.59 Å². The number of hydrogen-bond acceptors (Lipinski definition) is 4. The highest BCUT2D eigenvalue weighted by molar-refractivity contribution is 5.95. The van der Waals surface area contributed by atoms with Crippen molar-refractivity contribution in [3.8, 4) is 0 Å². The van der Waals surface area contributed by atoms with Gasteiger partial charge in [0.15, 0.2) is 0 Å². The van der Waals surface area contributed by atoms with Gasteiger partial charge in [-0.3, -0.25) is 9.78 Å². The van der Waals surface area contributed by atoms with Crippen LogP contribution in [0.1, 0.15) is 23.7 Å². The molecule has 1 saturated heterocycles. The molecule has 0 bridgehead atoms. The molecule has 1 aliphatic heterocycles. The van der Waals surface area contributed by atoms with E-state index in [4.69, 9.17) is 5.11 Å². The third kappa shape index (κ3) is 3.28. The Morgan fingerprint density at radius 3 is 2.95 bits per heavy atom. The topological polar surface area (TPSA) is 112 Å². The second kappa shape index (κ2) is 6.21. The molecule has 3 N–H and O–H groups in total. The molecule has 1 aromatic heterocycles. The molecular weight excluding hydrogens is 276 g/mol. The summed E-state index contributed by atoms with van der Waals surface area (Å²) >= 11 is 0. The predicted molar refractivity (Wildman–Crippen MR) is 74.0 cm³/mol. The number of amides is 3. The number of anilines is 1. The molecule has 1 aromatic rings. The van der Waals surface area contributed by atoms with Crippen molar-refractivity contribution in [3.63, 3.8) is 0 Å². The first kappa shape index (κ1) is 14.8. The number of aromatic carboxylic acids is 1. The summed E-state index contributed by atoms with van der Waals surface area (Å²) < 4.78 is 0. The summed E-state index contributed by atoms with van der Waals surface area (Å²) in [5.74, 6) is -1.31. The van der Waals surface area contributed by atoms with Crippen LogP contribution < -0.4 is 10.6 Å². The highest BCUT2D eigenvalue weighted by atomic mass is 16.4. The Labute approximate surface area is 121 Å². The van der Waals surface area contributed by atoms with Gasteiger partial charge >= 0.3 is 12.0 Å². The fourth-order valence-electron chi connectivity index (χ4n) is 2.18. The molecule has 1 fully saturated rings. The number of aromatic nitrogens is 1. The number of rotatable bonds is 3. The number of carbonyl (C=O) groups is 3. The molecular formula is C13H16N4O4. The lowest BCUT2D eigenvalue weighted by molar-refractivity contribution is -0.127. The van der Waals surface area contributed by atoms with Crippen molar-refractivity contribution in [1.29, 1.82) is 0 Å². The van der Waals surface area contributed by atoms with Crippen molar-refractivity contribution in [3.05, 3.63) is 24.0 Å². The minimum Gasteiger partial charge on any atom is -0.478 e. The molecule has 2 rings (SSSR count). The van der Waals surface area contributed by atoms with Crippen molar-refractivity contribution >= 4 is 23.6 Å². The summed E-state index contributed by atoms with van der Waals surface area (Å²) in [5.41, 5.74) is 0.261. The van der Waals surface area contributed by atoms with Crippen LogP contribution in [0, 0.1) is 0 Å². The number of piperazine rings is 1. The van der Waals surface area contributed by atoms with Gasteiger partial charge in [0, 0.05) is 19.3 Å². The maximum atomic E-state index is 12.2. The van der Waals surface area contributed by atoms with Crippen LogP contribution in [0.15, 0.2) is 18.5 Å². The van der Waals surface area contributed by atoms with E-state index in [2.05, 4.69) is 15.6 Å². The van der Waals surface area contributed by atoms with Crippen LogP contribution in [0.2, 0.25) is 0 Å². The fourth-order valence-corrected chi connectivity index (χ4v) is 2.18.